The summed E-state index contributed by atoms with van der Waals surface area (Å²) in [5.41, 5.74) is 2.24. The third-order valence-corrected chi connectivity index (χ3v) is 6.41. The summed E-state index contributed by atoms with van der Waals surface area (Å²) < 4.78 is 31.6. The molecule has 0 radical (unpaired) electrons. The van der Waals surface area contributed by atoms with Crippen LogP contribution in [0.3, 0.4) is 0 Å². The van der Waals surface area contributed by atoms with E-state index in [1.54, 1.807) is 50.6 Å². The van der Waals surface area contributed by atoms with E-state index in [-0.39, 0.29) is 28.9 Å². The monoisotopic (exact) mass is 473 g/mol. The molecule has 5 rings (SSSR count). The van der Waals surface area contributed by atoms with Gasteiger partial charge in [0.2, 0.25) is 5.76 Å². The van der Waals surface area contributed by atoms with E-state index in [0.29, 0.717) is 28.9 Å². The van der Waals surface area contributed by atoms with Gasteiger partial charge in [-0.2, -0.15) is 0 Å². The van der Waals surface area contributed by atoms with Crippen LogP contribution in [0.25, 0.3) is 11.0 Å². The van der Waals surface area contributed by atoms with E-state index in [1.807, 2.05) is 25.1 Å². The van der Waals surface area contributed by atoms with Crippen LogP contribution < -0.4 is 14.9 Å². The fourth-order valence-electron chi connectivity index (χ4n) is 4.67. The van der Waals surface area contributed by atoms with Gasteiger partial charge in [-0.25, -0.2) is 4.39 Å². The standard InChI is InChI=1S/C28H24FNO5/c1-16-8-10-21-19(14-16)26(31)24-25(18-6-4-5-7-20(18)29)30(28(32)27(24)35-21)13-12-17-9-11-22(33-2)23(15-17)34-3/h4-11,14-15,25H,12-13H2,1-3H3. The number of hydrogen-bond acceptors (Lipinski definition) is 5. The fourth-order valence-corrected chi connectivity index (χ4v) is 4.67. The molecule has 2 heterocycles. The number of benzene rings is 3. The number of aryl methyl sites for hydroxylation is 1. The van der Waals surface area contributed by atoms with Crippen LogP contribution in [0.5, 0.6) is 11.5 Å². The Labute approximate surface area is 201 Å². The maximum Gasteiger partial charge on any atom is 0.290 e. The van der Waals surface area contributed by atoms with Crippen molar-refractivity contribution in [1.82, 2.24) is 4.90 Å². The second kappa shape index (κ2) is 8.91. The summed E-state index contributed by atoms with van der Waals surface area (Å²) in [6.07, 6.45) is 0.456. The lowest BCUT2D eigenvalue weighted by molar-refractivity contribution is 0.0728. The molecule has 0 aliphatic carbocycles. The highest BCUT2D eigenvalue weighted by molar-refractivity contribution is 5.99. The number of carbonyl (C=O) groups excluding carboxylic acids is 1. The van der Waals surface area contributed by atoms with Crippen molar-refractivity contribution in [2.24, 2.45) is 0 Å². The third-order valence-electron chi connectivity index (χ3n) is 6.41. The van der Waals surface area contributed by atoms with Crippen molar-refractivity contribution in [2.75, 3.05) is 20.8 Å². The zero-order valence-electron chi connectivity index (χ0n) is 19.6. The molecule has 0 spiro atoms. The maximum atomic E-state index is 15.0. The van der Waals surface area contributed by atoms with Gasteiger partial charge in [-0.15, -0.1) is 0 Å². The summed E-state index contributed by atoms with van der Waals surface area (Å²) in [5.74, 6) is 0.213. The zero-order valence-corrected chi connectivity index (χ0v) is 19.6. The minimum atomic E-state index is -0.889. The first-order chi connectivity index (χ1) is 16.9. The lowest BCUT2D eigenvalue weighted by Gasteiger charge is -2.25. The first kappa shape index (κ1) is 22.7. The number of ether oxygens (including phenoxy) is 2. The molecule has 1 atom stereocenters. The van der Waals surface area contributed by atoms with Gasteiger partial charge in [-0.3, -0.25) is 9.59 Å². The van der Waals surface area contributed by atoms with E-state index >= 15 is 0 Å². The molecule has 0 fully saturated rings. The van der Waals surface area contributed by atoms with Crippen molar-refractivity contribution < 1.29 is 23.1 Å². The summed E-state index contributed by atoms with van der Waals surface area (Å²) in [6, 6.07) is 16.1. The first-order valence-corrected chi connectivity index (χ1v) is 11.3. The number of methoxy groups -OCH3 is 2. The Bertz CT molecular complexity index is 1510. The van der Waals surface area contributed by atoms with Crippen LogP contribution in [0.4, 0.5) is 4.39 Å². The Morgan fingerprint density at radius 2 is 1.74 bits per heavy atom. The Morgan fingerprint density at radius 3 is 2.49 bits per heavy atom. The third kappa shape index (κ3) is 3.83. The Hall–Kier alpha value is -4.13. The number of fused-ring (bicyclic) bond motifs is 2. The average molecular weight is 474 g/mol. The van der Waals surface area contributed by atoms with Gasteiger partial charge in [0, 0.05) is 12.1 Å². The zero-order chi connectivity index (χ0) is 24.7. The Balaban J connectivity index is 1.60. The van der Waals surface area contributed by atoms with Crippen molar-refractivity contribution in [1.29, 1.82) is 0 Å². The van der Waals surface area contributed by atoms with E-state index in [0.717, 1.165) is 11.1 Å². The molecule has 0 saturated carbocycles. The lowest BCUT2D eigenvalue weighted by atomic mass is 9.97. The summed E-state index contributed by atoms with van der Waals surface area (Å²) in [6.45, 7) is 2.12. The molecule has 0 saturated heterocycles. The fraction of sp³-hybridized carbons (Fsp3) is 0.214. The van der Waals surface area contributed by atoms with Crippen LogP contribution in [-0.2, 0) is 6.42 Å². The van der Waals surface area contributed by atoms with Crippen LogP contribution >= 0.6 is 0 Å². The molecule has 1 unspecified atom stereocenters. The second-order valence-electron chi connectivity index (χ2n) is 8.54. The van der Waals surface area contributed by atoms with Gasteiger partial charge in [-0.1, -0.05) is 35.9 Å². The molecule has 178 valence electrons. The van der Waals surface area contributed by atoms with Crippen LogP contribution in [-0.4, -0.2) is 31.6 Å². The van der Waals surface area contributed by atoms with E-state index < -0.39 is 17.8 Å². The molecule has 7 heteroatoms. The Kier molecular flexibility index (Phi) is 5.76. The number of nitrogens with zero attached hydrogens (tertiary/aromatic N) is 1. The van der Waals surface area contributed by atoms with E-state index in [2.05, 4.69) is 0 Å². The molecule has 0 N–H and O–H groups in total. The van der Waals surface area contributed by atoms with Gasteiger partial charge in [0.25, 0.3) is 5.91 Å². The number of carbonyl (C=O) groups is 1. The Morgan fingerprint density at radius 1 is 0.971 bits per heavy atom. The summed E-state index contributed by atoms with van der Waals surface area (Å²) in [7, 11) is 3.12. The van der Waals surface area contributed by atoms with Crippen LogP contribution in [0.15, 0.2) is 69.9 Å². The second-order valence-corrected chi connectivity index (χ2v) is 8.54. The molecular formula is C28H24FNO5. The predicted molar refractivity (Wildman–Crippen MR) is 130 cm³/mol. The highest BCUT2D eigenvalue weighted by Gasteiger charge is 2.43. The minimum Gasteiger partial charge on any atom is -0.493 e. The molecule has 0 bridgehead atoms. The van der Waals surface area contributed by atoms with Crippen molar-refractivity contribution in [3.05, 3.63) is 105 Å². The minimum absolute atomic E-state index is 0.0353. The average Bonchev–Trinajstić information content (AvgIpc) is 3.14. The molecule has 4 aromatic rings. The highest BCUT2D eigenvalue weighted by atomic mass is 19.1. The SMILES string of the molecule is COc1ccc(CCN2C(=O)c3oc4ccc(C)cc4c(=O)c3C2c2ccccc2F)cc1OC. The van der Waals surface area contributed by atoms with Crippen molar-refractivity contribution in [3.63, 3.8) is 0 Å². The lowest BCUT2D eigenvalue weighted by Crippen LogP contribution is -2.32. The largest absolute Gasteiger partial charge is 0.493 e. The highest BCUT2D eigenvalue weighted by Crippen LogP contribution is 2.39. The number of hydrogen-bond donors (Lipinski definition) is 0. The van der Waals surface area contributed by atoms with E-state index in [1.165, 1.54) is 11.0 Å². The van der Waals surface area contributed by atoms with Crippen LogP contribution in [0.2, 0.25) is 0 Å². The molecule has 1 aliphatic rings. The number of halogens is 1. The van der Waals surface area contributed by atoms with Gasteiger partial charge >= 0.3 is 0 Å². The van der Waals surface area contributed by atoms with Crippen molar-refractivity contribution in [3.8, 4) is 11.5 Å². The molecule has 3 aromatic carbocycles. The topological polar surface area (TPSA) is 69.0 Å². The molecular weight excluding hydrogens is 449 g/mol. The summed E-state index contributed by atoms with van der Waals surface area (Å²) in [4.78, 5) is 28.6. The molecule has 35 heavy (non-hydrogen) atoms. The molecule has 1 amide bonds. The first-order valence-electron chi connectivity index (χ1n) is 11.3. The quantitative estimate of drug-likeness (QED) is 0.392. The smallest absolute Gasteiger partial charge is 0.290 e. The molecule has 1 aromatic heterocycles. The number of rotatable bonds is 6. The number of amides is 1. The maximum absolute atomic E-state index is 15.0. The van der Waals surface area contributed by atoms with Crippen molar-refractivity contribution in [2.45, 2.75) is 19.4 Å². The van der Waals surface area contributed by atoms with Gasteiger partial charge in [-0.05, 0) is 49.2 Å². The van der Waals surface area contributed by atoms with Gasteiger partial charge in [0.15, 0.2) is 16.9 Å². The summed E-state index contributed by atoms with van der Waals surface area (Å²) in [5, 5.41) is 0.375. The van der Waals surface area contributed by atoms with Crippen molar-refractivity contribution >= 4 is 16.9 Å². The predicted octanol–water partition coefficient (Wildman–Crippen LogP) is 5.05. The van der Waals surface area contributed by atoms with Gasteiger partial charge < -0.3 is 18.8 Å². The van der Waals surface area contributed by atoms with E-state index in [9.17, 15) is 14.0 Å². The van der Waals surface area contributed by atoms with Crippen LogP contribution in [0, 0.1) is 12.7 Å². The normalized spacial score (nSPS) is 14.9. The van der Waals surface area contributed by atoms with Gasteiger partial charge in [0.05, 0.1) is 31.2 Å². The summed E-state index contributed by atoms with van der Waals surface area (Å²) >= 11 is 0. The van der Waals surface area contributed by atoms with E-state index in [4.69, 9.17) is 13.9 Å². The molecule has 1 aliphatic heterocycles. The van der Waals surface area contributed by atoms with Gasteiger partial charge in [0.1, 0.15) is 11.4 Å². The molecule has 6 nitrogen and oxygen atoms in total. The van der Waals surface area contributed by atoms with Crippen LogP contribution in [0.1, 0.15) is 38.9 Å².